The molecule has 0 aliphatic rings. The summed E-state index contributed by atoms with van der Waals surface area (Å²) in [6.45, 7) is 1.62. The van der Waals surface area contributed by atoms with Crippen LogP contribution in [0.2, 0.25) is 0 Å². The smallest absolute Gasteiger partial charge is 0.251 e. The van der Waals surface area contributed by atoms with Crippen LogP contribution in [-0.4, -0.2) is 37.4 Å². The summed E-state index contributed by atoms with van der Waals surface area (Å²) in [4.78, 5) is 26.6. The highest BCUT2D eigenvalue weighted by Gasteiger charge is 2.09. The second-order valence-corrected chi connectivity index (χ2v) is 7.35. The molecule has 150 valence electrons. The SMILES string of the molecule is CN(C)Cc1ccccc1CNC(=O)CCNC(=O)c1ccc2ccccc2c1. The van der Waals surface area contributed by atoms with Crippen LogP contribution >= 0.6 is 0 Å². The van der Waals surface area contributed by atoms with Crippen molar-refractivity contribution < 1.29 is 9.59 Å². The Hall–Kier alpha value is -3.18. The lowest BCUT2D eigenvalue weighted by atomic mass is 10.1. The molecule has 0 unspecified atom stereocenters. The van der Waals surface area contributed by atoms with Crippen LogP contribution in [-0.2, 0) is 17.9 Å². The molecule has 2 N–H and O–H groups in total. The minimum atomic E-state index is -0.167. The van der Waals surface area contributed by atoms with Crippen LogP contribution < -0.4 is 10.6 Å². The predicted octanol–water partition coefficient (Wildman–Crippen LogP) is 3.34. The van der Waals surface area contributed by atoms with E-state index in [2.05, 4.69) is 21.6 Å². The Morgan fingerprint density at radius 1 is 0.828 bits per heavy atom. The summed E-state index contributed by atoms with van der Waals surface area (Å²) in [5, 5.41) is 7.88. The van der Waals surface area contributed by atoms with Gasteiger partial charge in [-0.25, -0.2) is 0 Å². The third-order valence-electron chi connectivity index (χ3n) is 4.73. The van der Waals surface area contributed by atoms with Crippen molar-refractivity contribution >= 4 is 22.6 Å². The lowest BCUT2D eigenvalue weighted by Gasteiger charge is -2.14. The maximum atomic E-state index is 12.3. The first kappa shape index (κ1) is 20.6. The van der Waals surface area contributed by atoms with E-state index in [1.54, 1.807) is 6.07 Å². The van der Waals surface area contributed by atoms with Gasteiger partial charge in [-0.15, -0.1) is 0 Å². The van der Waals surface area contributed by atoms with Crippen LogP contribution in [0.4, 0.5) is 0 Å². The number of benzene rings is 3. The Morgan fingerprint density at radius 3 is 2.28 bits per heavy atom. The van der Waals surface area contributed by atoms with Gasteiger partial charge in [0.1, 0.15) is 0 Å². The Labute approximate surface area is 171 Å². The molecule has 5 nitrogen and oxygen atoms in total. The standard InChI is InChI=1S/C24H27N3O2/c1-27(2)17-22-10-6-5-9-21(22)16-26-23(28)13-14-25-24(29)20-12-11-18-7-3-4-8-19(18)15-20/h3-12,15H,13-14,16-17H2,1-2H3,(H,25,29)(H,26,28). The van der Waals surface area contributed by atoms with E-state index >= 15 is 0 Å². The molecule has 29 heavy (non-hydrogen) atoms. The lowest BCUT2D eigenvalue weighted by Crippen LogP contribution is -2.30. The van der Waals surface area contributed by atoms with Gasteiger partial charge in [-0.1, -0.05) is 54.6 Å². The van der Waals surface area contributed by atoms with Crippen LogP contribution in [0.25, 0.3) is 10.8 Å². The van der Waals surface area contributed by atoms with Gasteiger partial charge in [-0.05, 0) is 48.1 Å². The number of rotatable bonds is 8. The normalized spacial score (nSPS) is 10.9. The highest BCUT2D eigenvalue weighted by Crippen LogP contribution is 2.15. The van der Waals surface area contributed by atoms with Gasteiger partial charge >= 0.3 is 0 Å². The summed E-state index contributed by atoms with van der Waals surface area (Å²) in [6.07, 6.45) is 0.245. The number of nitrogens with one attached hydrogen (secondary N) is 2. The Kier molecular flexibility index (Phi) is 6.98. The van der Waals surface area contributed by atoms with E-state index in [1.807, 2.05) is 68.7 Å². The van der Waals surface area contributed by atoms with Crippen LogP contribution in [0.15, 0.2) is 66.7 Å². The summed E-state index contributed by atoms with van der Waals surface area (Å²) < 4.78 is 0. The molecule has 0 saturated carbocycles. The van der Waals surface area contributed by atoms with E-state index in [-0.39, 0.29) is 18.2 Å². The predicted molar refractivity (Wildman–Crippen MR) is 117 cm³/mol. The van der Waals surface area contributed by atoms with Gasteiger partial charge in [0.2, 0.25) is 5.91 Å². The van der Waals surface area contributed by atoms with E-state index in [0.29, 0.717) is 18.7 Å². The van der Waals surface area contributed by atoms with Crippen molar-refractivity contribution in [3.63, 3.8) is 0 Å². The molecule has 3 aromatic rings. The summed E-state index contributed by atoms with van der Waals surface area (Å²) in [5.74, 6) is -0.247. The fourth-order valence-electron chi connectivity index (χ4n) is 3.23. The quantitative estimate of drug-likeness (QED) is 0.621. The summed E-state index contributed by atoms with van der Waals surface area (Å²) in [6, 6.07) is 21.6. The lowest BCUT2D eigenvalue weighted by molar-refractivity contribution is -0.121. The largest absolute Gasteiger partial charge is 0.352 e. The summed E-state index contributed by atoms with van der Waals surface area (Å²) >= 11 is 0. The molecule has 0 atom stereocenters. The maximum Gasteiger partial charge on any atom is 0.251 e. The molecule has 0 saturated heterocycles. The first-order valence-electron chi connectivity index (χ1n) is 9.78. The zero-order chi connectivity index (χ0) is 20.6. The summed E-state index contributed by atoms with van der Waals surface area (Å²) in [5.41, 5.74) is 2.90. The zero-order valence-electron chi connectivity index (χ0n) is 16.9. The number of hydrogen-bond donors (Lipinski definition) is 2. The Morgan fingerprint density at radius 2 is 1.52 bits per heavy atom. The molecular weight excluding hydrogens is 362 g/mol. The number of hydrogen-bond acceptors (Lipinski definition) is 3. The van der Waals surface area contributed by atoms with Gasteiger partial charge in [-0.3, -0.25) is 9.59 Å². The van der Waals surface area contributed by atoms with Gasteiger partial charge in [0.25, 0.3) is 5.91 Å². The van der Waals surface area contributed by atoms with Crippen LogP contribution in [0.3, 0.4) is 0 Å². The third kappa shape index (κ3) is 5.90. The highest BCUT2D eigenvalue weighted by molar-refractivity contribution is 5.98. The zero-order valence-corrected chi connectivity index (χ0v) is 16.9. The van der Waals surface area contributed by atoms with E-state index in [1.165, 1.54) is 5.56 Å². The van der Waals surface area contributed by atoms with Gasteiger partial charge in [0, 0.05) is 31.6 Å². The highest BCUT2D eigenvalue weighted by atomic mass is 16.2. The second kappa shape index (κ2) is 9.85. The molecule has 3 aromatic carbocycles. The van der Waals surface area contributed by atoms with Crippen molar-refractivity contribution in [2.24, 2.45) is 0 Å². The monoisotopic (exact) mass is 389 g/mol. The summed E-state index contributed by atoms with van der Waals surface area (Å²) in [7, 11) is 4.04. The molecule has 5 heteroatoms. The van der Waals surface area contributed by atoms with E-state index in [4.69, 9.17) is 0 Å². The van der Waals surface area contributed by atoms with Gasteiger partial charge in [0.15, 0.2) is 0 Å². The first-order chi connectivity index (χ1) is 14.0. The molecule has 0 spiro atoms. The number of fused-ring (bicyclic) bond motifs is 1. The van der Waals surface area contributed by atoms with E-state index < -0.39 is 0 Å². The fraction of sp³-hybridized carbons (Fsp3) is 0.250. The topological polar surface area (TPSA) is 61.4 Å². The third-order valence-corrected chi connectivity index (χ3v) is 4.73. The van der Waals surface area contributed by atoms with Gasteiger partial charge in [0.05, 0.1) is 0 Å². The minimum Gasteiger partial charge on any atom is -0.352 e. The molecule has 0 aliphatic carbocycles. The van der Waals surface area contributed by atoms with Crippen molar-refractivity contribution in [1.29, 1.82) is 0 Å². The van der Waals surface area contributed by atoms with Gasteiger partial charge in [-0.2, -0.15) is 0 Å². The van der Waals surface area contributed by atoms with Crippen molar-refractivity contribution in [2.45, 2.75) is 19.5 Å². The van der Waals surface area contributed by atoms with Crippen LogP contribution in [0.1, 0.15) is 27.9 Å². The second-order valence-electron chi connectivity index (χ2n) is 7.35. The average Bonchev–Trinajstić information content (AvgIpc) is 2.72. The van der Waals surface area contributed by atoms with Crippen LogP contribution in [0, 0.1) is 0 Å². The Balaban J connectivity index is 1.46. The van der Waals surface area contributed by atoms with Crippen molar-refractivity contribution in [2.75, 3.05) is 20.6 Å². The number of carbonyl (C=O) groups excluding carboxylic acids is 2. The van der Waals surface area contributed by atoms with Crippen molar-refractivity contribution in [3.8, 4) is 0 Å². The number of amides is 2. The molecule has 0 aromatic heterocycles. The Bertz CT molecular complexity index is 998. The van der Waals surface area contributed by atoms with E-state index in [9.17, 15) is 9.59 Å². The molecule has 0 radical (unpaired) electrons. The number of carbonyl (C=O) groups is 2. The molecule has 0 heterocycles. The van der Waals surface area contributed by atoms with Crippen LogP contribution in [0.5, 0.6) is 0 Å². The first-order valence-corrected chi connectivity index (χ1v) is 9.78. The minimum absolute atomic E-state index is 0.0801. The van der Waals surface area contributed by atoms with Gasteiger partial charge < -0.3 is 15.5 Å². The molecule has 2 amide bonds. The number of nitrogens with zero attached hydrogens (tertiary/aromatic N) is 1. The van der Waals surface area contributed by atoms with E-state index in [0.717, 1.165) is 22.9 Å². The molecule has 3 rings (SSSR count). The molecule has 0 fully saturated rings. The molecule has 0 bridgehead atoms. The maximum absolute atomic E-state index is 12.3. The van der Waals surface area contributed by atoms with Crippen molar-refractivity contribution in [1.82, 2.24) is 15.5 Å². The molecule has 0 aliphatic heterocycles. The molecular formula is C24H27N3O2. The fourth-order valence-corrected chi connectivity index (χ4v) is 3.23. The average molecular weight is 389 g/mol. The van der Waals surface area contributed by atoms with Crippen molar-refractivity contribution in [3.05, 3.63) is 83.4 Å².